The predicted octanol–water partition coefficient (Wildman–Crippen LogP) is 3.79. The molecule has 0 radical (unpaired) electrons. The van der Waals surface area contributed by atoms with Crippen LogP contribution in [0.15, 0.2) is 36.5 Å². The van der Waals surface area contributed by atoms with E-state index in [1.165, 1.54) is 11.3 Å². The molecule has 1 aliphatic heterocycles. The van der Waals surface area contributed by atoms with Crippen molar-refractivity contribution < 1.29 is 0 Å². The number of hydrogen-bond acceptors (Lipinski definition) is 3. The van der Waals surface area contributed by atoms with Crippen molar-refractivity contribution in [2.45, 2.75) is 25.8 Å². The molecule has 2 N–H and O–H groups in total. The van der Waals surface area contributed by atoms with Gasteiger partial charge in [0.05, 0.1) is 16.9 Å². The average Bonchev–Trinajstić information content (AvgIpc) is 2.40. The number of aryl methyl sites for hydroxylation is 1. The third kappa shape index (κ3) is 2.15. The highest BCUT2D eigenvalue weighted by Gasteiger charge is 2.26. The van der Waals surface area contributed by atoms with Gasteiger partial charge in [0.2, 0.25) is 0 Å². The maximum Gasteiger partial charge on any atom is 0.152 e. The Morgan fingerprint density at radius 3 is 2.95 bits per heavy atom. The summed E-state index contributed by atoms with van der Waals surface area (Å²) in [6.07, 6.45) is 3.85. The van der Waals surface area contributed by atoms with E-state index in [1.807, 2.05) is 0 Å². The number of pyridine rings is 1. The van der Waals surface area contributed by atoms with E-state index in [1.54, 1.807) is 12.3 Å². The van der Waals surface area contributed by atoms with E-state index in [-0.39, 0.29) is 0 Å². The summed E-state index contributed by atoms with van der Waals surface area (Å²) in [6, 6.07) is 10.6. The van der Waals surface area contributed by atoms with Gasteiger partial charge in [0.1, 0.15) is 0 Å². The molecule has 3 rings (SSSR count). The lowest BCUT2D eigenvalue weighted by Crippen LogP contribution is -2.34. The molecule has 0 amide bonds. The lowest BCUT2D eigenvalue weighted by Gasteiger charge is -2.36. The summed E-state index contributed by atoms with van der Waals surface area (Å²) < 4.78 is 0. The van der Waals surface area contributed by atoms with E-state index in [0.717, 1.165) is 18.7 Å². The monoisotopic (exact) mass is 273 g/mol. The number of fused-ring (bicyclic) bond motifs is 1. The number of rotatable bonds is 1. The third-order valence-corrected chi connectivity index (χ3v) is 3.87. The molecule has 19 heavy (non-hydrogen) atoms. The van der Waals surface area contributed by atoms with Crippen molar-refractivity contribution in [3.63, 3.8) is 0 Å². The van der Waals surface area contributed by atoms with Crippen LogP contribution in [0, 0.1) is 0 Å². The number of para-hydroxylation sites is 1. The maximum absolute atomic E-state index is 6.31. The molecule has 0 fully saturated rings. The van der Waals surface area contributed by atoms with Gasteiger partial charge in [0.15, 0.2) is 5.82 Å². The minimum absolute atomic E-state index is 0.378. The summed E-state index contributed by atoms with van der Waals surface area (Å²) in [7, 11) is 0. The van der Waals surface area contributed by atoms with Gasteiger partial charge in [0.25, 0.3) is 0 Å². The Hall–Kier alpha value is -1.74. The van der Waals surface area contributed by atoms with Crippen LogP contribution in [-0.2, 0) is 6.42 Å². The van der Waals surface area contributed by atoms with Gasteiger partial charge in [-0.15, -0.1) is 0 Å². The van der Waals surface area contributed by atoms with Crippen molar-refractivity contribution in [2.75, 3.05) is 10.6 Å². The fourth-order valence-electron chi connectivity index (χ4n) is 2.63. The first-order valence-electron chi connectivity index (χ1n) is 6.45. The SMILES string of the molecule is CC1CCc2ccccc2N1c1ncc(N)cc1Cl. The fourth-order valence-corrected chi connectivity index (χ4v) is 2.90. The first kappa shape index (κ1) is 12.3. The van der Waals surface area contributed by atoms with Gasteiger partial charge in [-0.2, -0.15) is 0 Å². The minimum Gasteiger partial charge on any atom is -0.397 e. The van der Waals surface area contributed by atoms with Crippen LogP contribution < -0.4 is 10.6 Å². The van der Waals surface area contributed by atoms with Gasteiger partial charge in [-0.1, -0.05) is 29.8 Å². The molecule has 2 heterocycles. The number of halogens is 1. The summed E-state index contributed by atoms with van der Waals surface area (Å²) in [6.45, 7) is 2.20. The number of nitrogens with zero attached hydrogens (tertiary/aromatic N) is 2. The standard InChI is InChI=1S/C15H16ClN3/c1-10-6-7-11-4-2-3-5-14(11)19(10)15-13(16)8-12(17)9-18-15/h2-5,8-10H,6-7,17H2,1H3. The molecule has 2 aromatic rings. The maximum atomic E-state index is 6.31. The molecule has 1 aliphatic rings. The zero-order chi connectivity index (χ0) is 13.4. The Kier molecular flexibility index (Phi) is 3.07. The van der Waals surface area contributed by atoms with E-state index in [0.29, 0.717) is 16.8 Å². The number of anilines is 3. The smallest absolute Gasteiger partial charge is 0.152 e. The molecule has 1 unspecified atom stereocenters. The van der Waals surface area contributed by atoms with Crippen LogP contribution >= 0.6 is 11.6 Å². The fraction of sp³-hybridized carbons (Fsp3) is 0.267. The topological polar surface area (TPSA) is 42.2 Å². The Labute approximate surface area is 118 Å². The lowest BCUT2D eigenvalue weighted by molar-refractivity contribution is 0.613. The van der Waals surface area contributed by atoms with Gasteiger partial charge in [-0.05, 0) is 37.5 Å². The minimum atomic E-state index is 0.378. The van der Waals surface area contributed by atoms with Crippen LogP contribution in [0.5, 0.6) is 0 Å². The Balaban J connectivity index is 2.13. The second kappa shape index (κ2) is 4.74. The van der Waals surface area contributed by atoms with Gasteiger partial charge in [-0.25, -0.2) is 4.98 Å². The molecule has 0 aliphatic carbocycles. The molecular formula is C15H16ClN3. The van der Waals surface area contributed by atoms with Crippen LogP contribution in [0.1, 0.15) is 18.9 Å². The highest BCUT2D eigenvalue weighted by molar-refractivity contribution is 6.33. The quantitative estimate of drug-likeness (QED) is 0.859. The molecule has 0 saturated carbocycles. The van der Waals surface area contributed by atoms with E-state index in [2.05, 4.69) is 41.1 Å². The van der Waals surface area contributed by atoms with Crippen molar-refractivity contribution in [1.82, 2.24) is 4.98 Å². The highest BCUT2D eigenvalue weighted by atomic mass is 35.5. The molecule has 0 bridgehead atoms. The van der Waals surface area contributed by atoms with Crippen LogP contribution in [0.3, 0.4) is 0 Å². The normalized spacial score (nSPS) is 18.2. The van der Waals surface area contributed by atoms with Crippen molar-refractivity contribution in [1.29, 1.82) is 0 Å². The second-order valence-electron chi connectivity index (χ2n) is 4.96. The van der Waals surface area contributed by atoms with Crippen molar-refractivity contribution >= 4 is 28.8 Å². The van der Waals surface area contributed by atoms with Crippen molar-refractivity contribution in [2.24, 2.45) is 0 Å². The first-order chi connectivity index (χ1) is 9.16. The summed E-state index contributed by atoms with van der Waals surface area (Å²) in [5.74, 6) is 0.788. The van der Waals surface area contributed by atoms with Gasteiger partial charge < -0.3 is 10.6 Å². The molecular weight excluding hydrogens is 258 g/mol. The van der Waals surface area contributed by atoms with Gasteiger partial charge >= 0.3 is 0 Å². The molecule has 4 heteroatoms. The molecule has 1 aromatic carbocycles. The zero-order valence-electron chi connectivity index (χ0n) is 10.8. The van der Waals surface area contributed by atoms with Crippen molar-refractivity contribution in [3.05, 3.63) is 47.1 Å². The van der Waals surface area contributed by atoms with E-state index in [4.69, 9.17) is 17.3 Å². The Bertz CT molecular complexity index is 612. The van der Waals surface area contributed by atoms with Crippen LogP contribution in [0.4, 0.5) is 17.2 Å². The van der Waals surface area contributed by atoms with Crippen LogP contribution in [0.2, 0.25) is 5.02 Å². The summed E-state index contributed by atoms with van der Waals surface area (Å²) >= 11 is 6.31. The van der Waals surface area contributed by atoms with Gasteiger partial charge in [0, 0.05) is 11.7 Å². The summed E-state index contributed by atoms with van der Waals surface area (Å²) in [4.78, 5) is 6.63. The van der Waals surface area contributed by atoms with Gasteiger partial charge in [-0.3, -0.25) is 0 Å². The number of nitrogens with two attached hydrogens (primary N) is 1. The Morgan fingerprint density at radius 1 is 1.37 bits per heavy atom. The lowest BCUT2D eigenvalue weighted by atomic mass is 9.96. The zero-order valence-corrected chi connectivity index (χ0v) is 11.6. The highest BCUT2D eigenvalue weighted by Crippen LogP contribution is 2.38. The second-order valence-corrected chi connectivity index (χ2v) is 5.37. The molecule has 0 spiro atoms. The van der Waals surface area contributed by atoms with E-state index in [9.17, 15) is 0 Å². The summed E-state index contributed by atoms with van der Waals surface area (Å²) in [5.41, 5.74) is 8.85. The molecule has 98 valence electrons. The largest absolute Gasteiger partial charge is 0.397 e. The van der Waals surface area contributed by atoms with Crippen molar-refractivity contribution in [3.8, 4) is 0 Å². The van der Waals surface area contributed by atoms with E-state index < -0.39 is 0 Å². The number of nitrogen functional groups attached to an aromatic ring is 1. The third-order valence-electron chi connectivity index (χ3n) is 3.59. The number of aromatic nitrogens is 1. The van der Waals surface area contributed by atoms with E-state index >= 15 is 0 Å². The predicted molar refractivity (Wildman–Crippen MR) is 80.0 cm³/mol. The molecule has 1 atom stereocenters. The molecule has 0 saturated heterocycles. The Morgan fingerprint density at radius 2 is 2.16 bits per heavy atom. The average molecular weight is 274 g/mol. The van der Waals surface area contributed by atoms with Crippen LogP contribution in [0.25, 0.3) is 0 Å². The first-order valence-corrected chi connectivity index (χ1v) is 6.83. The number of benzene rings is 1. The molecule has 1 aromatic heterocycles. The number of hydrogen-bond donors (Lipinski definition) is 1. The summed E-state index contributed by atoms with van der Waals surface area (Å²) in [5, 5.41) is 0.601. The molecule has 3 nitrogen and oxygen atoms in total. The van der Waals surface area contributed by atoms with Crippen LogP contribution in [-0.4, -0.2) is 11.0 Å².